The second-order valence-electron chi connectivity index (χ2n) is 3.98. The molecule has 0 spiro atoms. The van der Waals surface area contributed by atoms with Gasteiger partial charge in [0, 0.05) is 19.1 Å². The Balaban J connectivity index is 0. The third-order valence-electron chi connectivity index (χ3n) is 1.87. The first-order valence-corrected chi connectivity index (χ1v) is 5.43. The number of nitrogens with zero attached hydrogens (tertiary/aromatic N) is 1. The van der Waals surface area contributed by atoms with Gasteiger partial charge >= 0.3 is 24.3 Å². The normalized spacial score (nSPS) is 15.7. The van der Waals surface area contributed by atoms with Crippen LogP contribution in [0.15, 0.2) is 0 Å². The number of hydrogen-bond donors (Lipinski definition) is 3. The number of aliphatic carboxylic acids is 2. The van der Waals surface area contributed by atoms with Crippen molar-refractivity contribution in [2.24, 2.45) is 5.73 Å². The maximum Gasteiger partial charge on any atom is 0.490 e. The highest BCUT2D eigenvalue weighted by Gasteiger charge is 2.38. The highest BCUT2D eigenvalue weighted by atomic mass is 19.4. The lowest BCUT2D eigenvalue weighted by atomic mass is 10.1. The zero-order valence-corrected chi connectivity index (χ0v) is 11.0. The van der Waals surface area contributed by atoms with E-state index in [1.54, 1.807) is 4.90 Å². The number of alkyl halides is 8. The average Bonchev–Trinajstić information content (AvgIpc) is 2.25. The minimum absolute atomic E-state index is 0.117. The van der Waals surface area contributed by atoms with Gasteiger partial charge in [-0.05, 0) is 0 Å². The predicted molar refractivity (Wildman–Crippen MR) is 57.8 cm³/mol. The number of nitrogens with two attached hydrogens (primary N) is 1. The van der Waals surface area contributed by atoms with Crippen LogP contribution in [-0.2, 0) is 9.59 Å². The number of carbonyl (C=O) groups is 2. The van der Waals surface area contributed by atoms with Crippen LogP contribution >= 0.6 is 0 Å². The van der Waals surface area contributed by atoms with Crippen molar-refractivity contribution in [3.8, 4) is 0 Å². The van der Waals surface area contributed by atoms with Crippen LogP contribution < -0.4 is 5.73 Å². The minimum Gasteiger partial charge on any atom is -0.475 e. The summed E-state index contributed by atoms with van der Waals surface area (Å²) in [6, 6.07) is 0.128. The first-order valence-electron chi connectivity index (χ1n) is 5.43. The summed E-state index contributed by atoms with van der Waals surface area (Å²) < 4.78 is 86.6. The van der Waals surface area contributed by atoms with Crippen LogP contribution in [0.3, 0.4) is 0 Å². The molecule has 0 aliphatic carbocycles. The van der Waals surface area contributed by atoms with Gasteiger partial charge in [0.25, 0.3) is 6.43 Å². The molecule has 23 heavy (non-hydrogen) atoms. The van der Waals surface area contributed by atoms with Crippen molar-refractivity contribution in [3.63, 3.8) is 0 Å². The van der Waals surface area contributed by atoms with Crippen LogP contribution in [-0.4, -0.2) is 71.5 Å². The monoisotopic (exact) mass is 364 g/mol. The SMILES string of the molecule is NC1CN(CC(F)F)C1.O=C(O)C(F)(F)F.O=C(O)C(F)(F)F. The molecule has 1 aliphatic heterocycles. The summed E-state index contributed by atoms with van der Waals surface area (Å²) in [6.07, 6.45) is -12.4. The molecule has 0 amide bonds. The molecule has 1 heterocycles. The Kier molecular flexibility index (Phi) is 9.67. The van der Waals surface area contributed by atoms with E-state index in [4.69, 9.17) is 25.5 Å². The Labute approximate surface area is 123 Å². The van der Waals surface area contributed by atoms with Crippen molar-refractivity contribution >= 4 is 11.9 Å². The molecule has 0 unspecified atom stereocenters. The molecule has 0 aromatic heterocycles. The molecule has 1 fully saturated rings. The molecule has 0 radical (unpaired) electrons. The Morgan fingerprint density at radius 1 is 1.00 bits per heavy atom. The summed E-state index contributed by atoms with van der Waals surface area (Å²) in [6.45, 7) is 1.14. The van der Waals surface area contributed by atoms with Crippen LogP contribution in [0.4, 0.5) is 35.1 Å². The zero-order valence-electron chi connectivity index (χ0n) is 11.0. The van der Waals surface area contributed by atoms with Crippen molar-refractivity contribution in [2.75, 3.05) is 19.6 Å². The molecule has 0 aromatic carbocycles. The molecule has 0 saturated carbocycles. The quantitative estimate of drug-likeness (QED) is 0.636. The standard InChI is InChI=1S/C5H10F2N2.2C2HF3O2/c6-5(7)3-9-1-4(8)2-9;2*3-2(4,5)1(6)7/h4-5H,1-3,8H2;2*(H,6,7). The maximum absolute atomic E-state index is 11.6. The number of halogens is 8. The first kappa shape index (κ1) is 23.6. The molecule has 138 valence electrons. The van der Waals surface area contributed by atoms with E-state index in [-0.39, 0.29) is 12.6 Å². The van der Waals surface area contributed by atoms with Gasteiger partial charge in [-0.15, -0.1) is 0 Å². The lowest BCUT2D eigenvalue weighted by Crippen LogP contribution is -2.56. The Hall–Kier alpha value is -1.70. The van der Waals surface area contributed by atoms with E-state index in [9.17, 15) is 35.1 Å². The molecule has 6 nitrogen and oxygen atoms in total. The fourth-order valence-corrected chi connectivity index (χ4v) is 0.954. The fraction of sp³-hybridized carbons (Fsp3) is 0.778. The highest BCUT2D eigenvalue weighted by Crippen LogP contribution is 2.13. The molecule has 0 atom stereocenters. The lowest BCUT2D eigenvalue weighted by Gasteiger charge is -2.36. The van der Waals surface area contributed by atoms with E-state index in [1.807, 2.05) is 0 Å². The van der Waals surface area contributed by atoms with Gasteiger partial charge < -0.3 is 15.9 Å². The van der Waals surface area contributed by atoms with Crippen molar-refractivity contribution < 1.29 is 54.9 Å². The Bertz CT molecular complexity index is 355. The number of rotatable bonds is 2. The molecular formula is C9H12F8N2O4. The van der Waals surface area contributed by atoms with Crippen molar-refractivity contribution in [2.45, 2.75) is 24.8 Å². The van der Waals surface area contributed by atoms with Gasteiger partial charge in [0.15, 0.2) is 0 Å². The van der Waals surface area contributed by atoms with E-state index in [0.29, 0.717) is 13.1 Å². The summed E-state index contributed by atoms with van der Waals surface area (Å²) >= 11 is 0. The van der Waals surface area contributed by atoms with Crippen LogP contribution in [0, 0.1) is 0 Å². The summed E-state index contributed by atoms with van der Waals surface area (Å²) in [7, 11) is 0. The number of hydrogen-bond acceptors (Lipinski definition) is 4. The molecule has 1 saturated heterocycles. The smallest absolute Gasteiger partial charge is 0.475 e. The molecule has 0 bridgehead atoms. The molecule has 14 heteroatoms. The van der Waals surface area contributed by atoms with Gasteiger partial charge in [0.05, 0.1) is 6.54 Å². The van der Waals surface area contributed by atoms with Crippen LogP contribution in [0.25, 0.3) is 0 Å². The Morgan fingerprint density at radius 3 is 1.39 bits per heavy atom. The van der Waals surface area contributed by atoms with E-state index in [2.05, 4.69) is 0 Å². The molecule has 1 aliphatic rings. The van der Waals surface area contributed by atoms with Gasteiger partial charge in [-0.2, -0.15) is 26.3 Å². The van der Waals surface area contributed by atoms with E-state index < -0.39 is 30.7 Å². The summed E-state index contributed by atoms with van der Waals surface area (Å²) in [4.78, 5) is 19.4. The fourth-order valence-electron chi connectivity index (χ4n) is 0.954. The van der Waals surface area contributed by atoms with Crippen molar-refractivity contribution in [1.29, 1.82) is 0 Å². The largest absolute Gasteiger partial charge is 0.490 e. The molecule has 0 aromatic rings. The van der Waals surface area contributed by atoms with Crippen LogP contribution in [0.2, 0.25) is 0 Å². The third kappa shape index (κ3) is 13.7. The second-order valence-corrected chi connectivity index (χ2v) is 3.98. The van der Waals surface area contributed by atoms with Crippen molar-refractivity contribution in [3.05, 3.63) is 0 Å². The predicted octanol–water partition coefficient (Wildman–Crippen LogP) is 1.16. The van der Waals surface area contributed by atoms with E-state index >= 15 is 0 Å². The molecular weight excluding hydrogens is 352 g/mol. The van der Waals surface area contributed by atoms with Gasteiger partial charge in [-0.25, -0.2) is 18.4 Å². The average molecular weight is 364 g/mol. The molecule has 4 N–H and O–H groups in total. The number of likely N-dealkylation sites (tertiary alicyclic amines) is 1. The van der Waals surface area contributed by atoms with Gasteiger partial charge in [0.1, 0.15) is 0 Å². The lowest BCUT2D eigenvalue weighted by molar-refractivity contribution is -0.193. The third-order valence-corrected chi connectivity index (χ3v) is 1.87. The summed E-state index contributed by atoms with van der Waals surface area (Å²) in [5, 5.41) is 14.2. The number of carboxylic acid groups (broad SMARTS) is 2. The first-order chi connectivity index (χ1) is 10.1. The van der Waals surface area contributed by atoms with E-state index in [0.717, 1.165) is 0 Å². The summed E-state index contributed by atoms with van der Waals surface area (Å²) in [5.74, 6) is -5.51. The maximum atomic E-state index is 11.6. The Morgan fingerprint density at radius 2 is 1.26 bits per heavy atom. The topological polar surface area (TPSA) is 104 Å². The van der Waals surface area contributed by atoms with Crippen LogP contribution in [0.5, 0.6) is 0 Å². The zero-order chi connectivity index (χ0) is 19.0. The highest BCUT2D eigenvalue weighted by molar-refractivity contribution is 5.73. The summed E-state index contributed by atoms with van der Waals surface area (Å²) in [5.41, 5.74) is 5.36. The van der Waals surface area contributed by atoms with Gasteiger partial charge in [-0.1, -0.05) is 0 Å². The van der Waals surface area contributed by atoms with E-state index in [1.165, 1.54) is 0 Å². The van der Waals surface area contributed by atoms with Gasteiger partial charge in [-0.3, -0.25) is 4.90 Å². The number of carboxylic acids is 2. The van der Waals surface area contributed by atoms with Crippen molar-refractivity contribution in [1.82, 2.24) is 4.90 Å². The van der Waals surface area contributed by atoms with Crippen LogP contribution in [0.1, 0.15) is 0 Å². The molecule has 1 rings (SSSR count). The minimum atomic E-state index is -5.08. The van der Waals surface area contributed by atoms with Gasteiger partial charge in [0.2, 0.25) is 0 Å². The second kappa shape index (κ2) is 9.44.